The van der Waals surface area contributed by atoms with Gasteiger partial charge in [0.25, 0.3) is 0 Å². The number of hydrogen-bond acceptors (Lipinski definition) is 3. The second-order valence-electron chi connectivity index (χ2n) is 4.71. The molecule has 1 fully saturated rings. The fourth-order valence-corrected chi connectivity index (χ4v) is 3.39. The smallest absolute Gasteiger partial charge is 0.135 e. The van der Waals surface area contributed by atoms with Gasteiger partial charge in [-0.1, -0.05) is 49.9 Å². The van der Waals surface area contributed by atoms with E-state index >= 15 is 0 Å². The number of rotatable bonds is 3. The van der Waals surface area contributed by atoms with Crippen LogP contribution in [0, 0.1) is 5.92 Å². The normalized spacial score (nSPS) is 20.6. The largest absolute Gasteiger partial charge is 0.143 e. The van der Waals surface area contributed by atoms with Gasteiger partial charge in [0.2, 0.25) is 0 Å². The lowest BCUT2D eigenvalue weighted by Crippen LogP contribution is -2.02. The van der Waals surface area contributed by atoms with Gasteiger partial charge in [-0.05, 0) is 12.8 Å². The monoisotopic (exact) mass is 258 g/mol. The fourth-order valence-electron chi connectivity index (χ4n) is 2.32. The van der Waals surface area contributed by atoms with Crippen LogP contribution in [0.15, 0.2) is 0 Å². The van der Waals surface area contributed by atoms with E-state index in [2.05, 4.69) is 10.2 Å². The van der Waals surface area contributed by atoms with E-state index in [0.717, 1.165) is 17.3 Å². The van der Waals surface area contributed by atoms with E-state index in [1.165, 1.54) is 43.5 Å². The van der Waals surface area contributed by atoms with Gasteiger partial charge in [0, 0.05) is 6.42 Å². The van der Waals surface area contributed by atoms with E-state index in [0.29, 0.717) is 0 Å². The molecule has 0 aliphatic heterocycles. The van der Waals surface area contributed by atoms with Crippen LogP contribution in [0.4, 0.5) is 0 Å². The van der Waals surface area contributed by atoms with Gasteiger partial charge in [0.05, 0.1) is 5.38 Å². The number of alkyl halides is 1. The first-order valence-electron chi connectivity index (χ1n) is 6.22. The Morgan fingerprint density at radius 1 is 1.25 bits per heavy atom. The molecule has 0 saturated heterocycles. The molecule has 4 heteroatoms. The lowest BCUT2D eigenvalue weighted by molar-refractivity contribution is 0.456. The van der Waals surface area contributed by atoms with Crippen LogP contribution in [0.25, 0.3) is 0 Å². The third kappa shape index (κ3) is 3.42. The van der Waals surface area contributed by atoms with Gasteiger partial charge in [0.1, 0.15) is 10.0 Å². The number of hydrogen-bond donors (Lipinski definition) is 0. The molecule has 0 spiro atoms. The third-order valence-corrected chi connectivity index (χ3v) is 4.73. The lowest BCUT2D eigenvalue weighted by atomic mass is 9.97. The molecule has 1 unspecified atom stereocenters. The summed E-state index contributed by atoms with van der Waals surface area (Å²) in [4.78, 5) is 0. The maximum atomic E-state index is 5.99. The molecule has 1 aliphatic carbocycles. The Morgan fingerprint density at radius 2 is 1.94 bits per heavy atom. The zero-order chi connectivity index (χ0) is 11.4. The van der Waals surface area contributed by atoms with Crippen molar-refractivity contribution in [2.45, 2.75) is 57.2 Å². The van der Waals surface area contributed by atoms with Gasteiger partial charge < -0.3 is 0 Å². The molecule has 1 heterocycles. The summed E-state index contributed by atoms with van der Waals surface area (Å²) in [6, 6.07) is 0. The van der Waals surface area contributed by atoms with E-state index in [1.54, 1.807) is 11.3 Å². The Balaban J connectivity index is 1.91. The van der Waals surface area contributed by atoms with Gasteiger partial charge in [-0.15, -0.1) is 21.8 Å². The van der Waals surface area contributed by atoms with Gasteiger partial charge >= 0.3 is 0 Å². The van der Waals surface area contributed by atoms with Crippen molar-refractivity contribution in [3.05, 3.63) is 10.0 Å². The molecule has 0 radical (unpaired) electrons. The Kier molecular flexibility index (Phi) is 4.59. The first-order valence-corrected chi connectivity index (χ1v) is 7.47. The Bertz CT molecular complexity index is 317. The van der Waals surface area contributed by atoms with Crippen molar-refractivity contribution in [2.75, 3.05) is 0 Å². The van der Waals surface area contributed by atoms with Crippen LogP contribution >= 0.6 is 22.9 Å². The predicted molar refractivity (Wildman–Crippen MR) is 69.1 cm³/mol. The van der Waals surface area contributed by atoms with E-state index in [-0.39, 0.29) is 5.38 Å². The van der Waals surface area contributed by atoms with Gasteiger partial charge in [0.15, 0.2) is 0 Å². The quantitative estimate of drug-likeness (QED) is 0.595. The van der Waals surface area contributed by atoms with E-state index in [9.17, 15) is 0 Å². The minimum Gasteiger partial charge on any atom is -0.143 e. The summed E-state index contributed by atoms with van der Waals surface area (Å²) < 4.78 is 0. The average Bonchev–Trinajstić information content (AvgIpc) is 2.56. The topological polar surface area (TPSA) is 25.8 Å². The number of nitrogens with zero attached hydrogens (tertiary/aromatic N) is 2. The molecular formula is C12H19ClN2S. The SMILES string of the molecule is CC(Cl)c1nnc(CC2CCCCCC2)s1. The molecule has 0 bridgehead atoms. The van der Waals surface area contributed by atoms with Crippen molar-refractivity contribution < 1.29 is 0 Å². The highest BCUT2D eigenvalue weighted by atomic mass is 35.5. The summed E-state index contributed by atoms with van der Waals surface area (Å²) in [5.41, 5.74) is 0. The lowest BCUT2D eigenvalue weighted by Gasteiger charge is -2.10. The first-order chi connectivity index (χ1) is 7.75. The molecule has 0 amide bonds. The van der Waals surface area contributed by atoms with Gasteiger partial charge in [-0.2, -0.15) is 0 Å². The Hall–Kier alpha value is -0.150. The van der Waals surface area contributed by atoms with Crippen molar-refractivity contribution in [2.24, 2.45) is 5.92 Å². The molecule has 1 aromatic heterocycles. The Morgan fingerprint density at radius 3 is 2.50 bits per heavy atom. The van der Waals surface area contributed by atoms with Gasteiger partial charge in [-0.3, -0.25) is 0 Å². The van der Waals surface area contributed by atoms with Crippen LogP contribution in [0.1, 0.15) is 60.8 Å². The summed E-state index contributed by atoms with van der Waals surface area (Å²) in [7, 11) is 0. The predicted octanol–water partition coefficient (Wildman–Crippen LogP) is 4.35. The van der Waals surface area contributed by atoms with Crippen molar-refractivity contribution in [3.8, 4) is 0 Å². The highest BCUT2D eigenvalue weighted by Gasteiger charge is 2.16. The molecular weight excluding hydrogens is 240 g/mol. The second-order valence-corrected chi connectivity index (χ2v) is 6.46. The third-order valence-electron chi connectivity index (χ3n) is 3.26. The van der Waals surface area contributed by atoms with Crippen molar-refractivity contribution >= 4 is 22.9 Å². The van der Waals surface area contributed by atoms with Crippen molar-refractivity contribution in [1.29, 1.82) is 0 Å². The molecule has 2 rings (SSSR count). The summed E-state index contributed by atoms with van der Waals surface area (Å²) in [6.07, 6.45) is 9.45. The maximum Gasteiger partial charge on any atom is 0.135 e. The first kappa shape index (κ1) is 12.3. The summed E-state index contributed by atoms with van der Waals surface area (Å²) in [6.45, 7) is 1.96. The van der Waals surface area contributed by atoms with Crippen LogP contribution < -0.4 is 0 Å². The number of halogens is 1. The zero-order valence-corrected chi connectivity index (χ0v) is 11.4. The molecule has 1 aliphatic rings. The number of aromatic nitrogens is 2. The minimum atomic E-state index is 0.000355. The van der Waals surface area contributed by atoms with Crippen LogP contribution in [-0.2, 0) is 6.42 Å². The molecule has 90 valence electrons. The fraction of sp³-hybridized carbons (Fsp3) is 0.833. The molecule has 1 atom stereocenters. The summed E-state index contributed by atoms with van der Waals surface area (Å²) in [5.74, 6) is 0.828. The second kappa shape index (κ2) is 5.97. The maximum absolute atomic E-state index is 5.99. The molecule has 2 nitrogen and oxygen atoms in total. The van der Waals surface area contributed by atoms with Crippen molar-refractivity contribution in [1.82, 2.24) is 10.2 Å². The molecule has 1 saturated carbocycles. The molecule has 16 heavy (non-hydrogen) atoms. The summed E-state index contributed by atoms with van der Waals surface area (Å²) in [5, 5.41) is 10.5. The van der Waals surface area contributed by atoms with E-state index in [1.807, 2.05) is 6.92 Å². The highest BCUT2D eigenvalue weighted by molar-refractivity contribution is 7.11. The standard InChI is InChI=1S/C12H19ClN2S/c1-9(13)12-15-14-11(16-12)8-10-6-4-2-3-5-7-10/h9-10H,2-8H2,1H3. The van der Waals surface area contributed by atoms with Crippen LogP contribution in [0.3, 0.4) is 0 Å². The molecule has 0 aromatic carbocycles. The van der Waals surface area contributed by atoms with Crippen LogP contribution in [0.2, 0.25) is 0 Å². The average molecular weight is 259 g/mol. The van der Waals surface area contributed by atoms with Crippen molar-refractivity contribution in [3.63, 3.8) is 0 Å². The van der Waals surface area contributed by atoms with Crippen LogP contribution in [-0.4, -0.2) is 10.2 Å². The van der Waals surface area contributed by atoms with Crippen LogP contribution in [0.5, 0.6) is 0 Å². The van der Waals surface area contributed by atoms with E-state index in [4.69, 9.17) is 11.6 Å². The highest BCUT2D eigenvalue weighted by Crippen LogP contribution is 2.29. The minimum absolute atomic E-state index is 0.000355. The molecule has 0 N–H and O–H groups in total. The Labute approximate surface area is 106 Å². The summed E-state index contributed by atoms with van der Waals surface area (Å²) >= 11 is 7.68. The zero-order valence-electron chi connectivity index (χ0n) is 9.79. The molecule has 1 aromatic rings. The van der Waals surface area contributed by atoms with E-state index < -0.39 is 0 Å². The van der Waals surface area contributed by atoms with Gasteiger partial charge in [-0.25, -0.2) is 0 Å².